The maximum absolute atomic E-state index is 10.7. The van der Waals surface area contributed by atoms with Crippen molar-refractivity contribution < 1.29 is 4.79 Å². The largest absolute Gasteiger partial charge is 0.370 e. The van der Waals surface area contributed by atoms with Gasteiger partial charge in [0.1, 0.15) is 6.54 Å². The van der Waals surface area contributed by atoms with Crippen LogP contribution < -0.4 is 16.8 Å². The monoisotopic (exact) mass is 234 g/mol. The molecular formula is C6H11BrN4O. The fourth-order valence-corrected chi connectivity index (χ4v) is 0.369. The van der Waals surface area contributed by atoms with Gasteiger partial charge in [-0.3, -0.25) is 4.79 Å². The molecule has 0 rings (SSSR count). The zero-order chi connectivity index (χ0) is 8.69. The minimum Gasteiger partial charge on any atom is -0.370 e. The smallest absolute Gasteiger partial charge is 0.242 e. The molecule has 5 N–H and O–H groups in total. The lowest BCUT2D eigenvalue weighted by molar-refractivity contribution is -0.119. The van der Waals surface area contributed by atoms with Gasteiger partial charge in [0.2, 0.25) is 5.91 Å². The van der Waals surface area contributed by atoms with Crippen LogP contribution >= 0.6 is 17.0 Å². The first-order chi connectivity index (χ1) is 5.16. The molecule has 0 saturated heterocycles. The van der Waals surface area contributed by atoms with Crippen molar-refractivity contribution in [2.75, 3.05) is 13.1 Å². The molecule has 0 heterocycles. The highest BCUT2D eigenvalue weighted by molar-refractivity contribution is 8.93. The summed E-state index contributed by atoms with van der Waals surface area (Å²) >= 11 is 0. The zero-order valence-electron chi connectivity index (χ0n) is 6.41. The highest BCUT2D eigenvalue weighted by Gasteiger charge is 1.95. The Balaban J connectivity index is 0. The average Bonchev–Trinajstić information content (AvgIpc) is 1.97. The van der Waals surface area contributed by atoms with E-state index in [0.717, 1.165) is 0 Å². The van der Waals surface area contributed by atoms with Crippen molar-refractivity contribution in [1.82, 2.24) is 5.32 Å². The summed E-state index contributed by atoms with van der Waals surface area (Å²) in [4.78, 5) is 14.2. The van der Waals surface area contributed by atoms with Crippen LogP contribution in [0.25, 0.3) is 0 Å². The molecule has 0 radical (unpaired) electrons. The Kier molecular flexibility index (Phi) is 8.79. The lowest BCUT2D eigenvalue weighted by Gasteiger charge is -1.96. The molecule has 6 heteroatoms. The quantitative estimate of drug-likeness (QED) is 0.318. The van der Waals surface area contributed by atoms with Gasteiger partial charge in [0.25, 0.3) is 0 Å². The second kappa shape index (κ2) is 7.88. The summed E-state index contributed by atoms with van der Waals surface area (Å²) in [5, 5.41) is 2.39. The van der Waals surface area contributed by atoms with Crippen molar-refractivity contribution in [3.63, 3.8) is 0 Å². The van der Waals surface area contributed by atoms with Gasteiger partial charge >= 0.3 is 0 Å². The van der Waals surface area contributed by atoms with E-state index >= 15 is 0 Å². The first kappa shape index (κ1) is 13.4. The molecule has 1 amide bonds. The number of amides is 1. The number of nitrogens with two attached hydrogens (primary N) is 2. The fraction of sp³-hybridized carbons (Fsp3) is 0.333. The second-order valence-corrected chi connectivity index (χ2v) is 1.72. The maximum atomic E-state index is 10.7. The lowest BCUT2D eigenvalue weighted by atomic mass is 10.5. The van der Waals surface area contributed by atoms with Crippen LogP contribution in [0.4, 0.5) is 0 Å². The van der Waals surface area contributed by atoms with E-state index in [9.17, 15) is 4.79 Å². The Morgan fingerprint density at radius 3 is 2.58 bits per heavy atom. The highest BCUT2D eigenvalue weighted by atomic mass is 79.9. The number of nitrogens with one attached hydrogen (secondary N) is 1. The molecule has 0 aliphatic heterocycles. The molecule has 68 valence electrons. The maximum Gasteiger partial charge on any atom is 0.242 e. The Morgan fingerprint density at radius 1 is 1.58 bits per heavy atom. The van der Waals surface area contributed by atoms with Gasteiger partial charge in [0.15, 0.2) is 5.96 Å². The van der Waals surface area contributed by atoms with Gasteiger partial charge in [0.05, 0.1) is 6.54 Å². The molecule has 0 aliphatic rings. The van der Waals surface area contributed by atoms with Crippen LogP contribution in [0.15, 0.2) is 4.99 Å². The topological polar surface area (TPSA) is 93.5 Å². The molecule has 0 spiro atoms. The lowest BCUT2D eigenvalue weighted by Crippen LogP contribution is -2.29. The number of guanidine groups is 1. The summed E-state index contributed by atoms with van der Waals surface area (Å²) in [6, 6.07) is 0. The van der Waals surface area contributed by atoms with E-state index in [1.807, 2.05) is 0 Å². The van der Waals surface area contributed by atoms with Gasteiger partial charge in [-0.1, -0.05) is 5.92 Å². The van der Waals surface area contributed by atoms with E-state index in [0.29, 0.717) is 0 Å². The van der Waals surface area contributed by atoms with E-state index in [4.69, 9.17) is 17.9 Å². The zero-order valence-corrected chi connectivity index (χ0v) is 8.12. The number of terminal acetylenes is 1. The van der Waals surface area contributed by atoms with E-state index in [1.54, 1.807) is 0 Å². The summed E-state index contributed by atoms with van der Waals surface area (Å²) in [6.45, 7) is 0.114. The van der Waals surface area contributed by atoms with E-state index in [-0.39, 0.29) is 41.9 Å². The number of hydrogen-bond donors (Lipinski definition) is 3. The Bertz CT molecular complexity index is 204. The molecule has 12 heavy (non-hydrogen) atoms. The van der Waals surface area contributed by atoms with Crippen molar-refractivity contribution in [1.29, 1.82) is 0 Å². The van der Waals surface area contributed by atoms with Gasteiger partial charge < -0.3 is 16.8 Å². The number of carbonyl (C=O) groups excluding carboxylic acids is 1. The molecular weight excluding hydrogens is 224 g/mol. The van der Waals surface area contributed by atoms with Crippen molar-refractivity contribution >= 4 is 28.8 Å². The Morgan fingerprint density at radius 2 is 2.17 bits per heavy atom. The third-order valence-corrected chi connectivity index (χ3v) is 0.793. The fourth-order valence-electron chi connectivity index (χ4n) is 0.369. The highest BCUT2D eigenvalue weighted by Crippen LogP contribution is 1.68. The summed E-state index contributed by atoms with van der Waals surface area (Å²) in [6.07, 6.45) is 4.88. The predicted octanol–water partition coefficient (Wildman–Crippen LogP) is -1.41. The van der Waals surface area contributed by atoms with Gasteiger partial charge in [0, 0.05) is 0 Å². The minimum atomic E-state index is -0.295. The number of hydrogen-bond acceptors (Lipinski definition) is 2. The van der Waals surface area contributed by atoms with Gasteiger partial charge in [-0.2, -0.15) is 0 Å². The van der Waals surface area contributed by atoms with Crippen LogP contribution in [0.5, 0.6) is 0 Å². The first-order valence-electron chi connectivity index (χ1n) is 2.92. The van der Waals surface area contributed by atoms with Crippen LogP contribution in [-0.2, 0) is 4.79 Å². The normalized spacial score (nSPS) is 7.25. The van der Waals surface area contributed by atoms with Crippen molar-refractivity contribution in [3.8, 4) is 12.3 Å². The Hall–Kier alpha value is -1.22. The molecule has 0 aromatic rings. The predicted molar refractivity (Wildman–Crippen MR) is 52.8 cm³/mol. The molecule has 0 aromatic heterocycles. The van der Waals surface area contributed by atoms with Crippen LogP contribution in [0.1, 0.15) is 0 Å². The summed E-state index contributed by atoms with van der Waals surface area (Å²) in [7, 11) is 0. The van der Waals surface area contributed by atoms with Crippen molar-refractivity contribution in [2.45, 2.75) is 0 Å². The van der Waals surface area contributed by atoms with Crippen LogP contribution in [-0.4, -0.2) is 25.0 Å². The molecule has 0 aliphatic carbocycles. The summed E-state index contributed by atoms with van der Waals surface area (Å²) in [5.74, 6) is 1.84. The van der Waals surface area contributed by atoms with Crippen LogP contribution in [0.2, 0.25) is 0 Å². The third-order valence-electron chi connectivity index (χ3n) is 0.793. The SMILES string of the molecule is Br.C#CCNC(=O)CN=C(N)N. The molecule has 5 nitrogen and oxygen atoms in total. The standard InChI is InChI=1S/C6H10N4O.BrH/c1-2-3-9-5(11)4-10-6(7)8;/h1H,3-4H2,(H,9,11)(H4,7,8,10);1H. The summed E-state index contributed by atoms with van der Waals surface area (Å²) in [5.41, 5.74) is 9.95. The molecule has 0 bridgehead atoms. The average molecular weight is 235 g/mol. The number of carbonyl (C=O) groups is 1. The number of nitrogens with zero attached hydrogens (tertiary/aromatic N) is 1. The molecule has 0 atom stereocenters. The van der Waals surface area contributed by atoms with Gasteiger partial charge in [-0.15, -0.1) is 23.4 Å². The van der Waals surface area contributed by atoms with Crippen LogP contribution in [0.3, 0.4) is 0 Å². The number of rotatable bonds is 3. The van der Waals surface area contributed by atoms with Crippen molar-refractivity contribution in [3.05, 3.63) is 0 Å². The number of halogens is 1. The van der Waals surface area contributed by atoms with Gasteiger partial charge in [-0.05, 0) is 0 Å². The molecule has 0 saturated carbocycles. The molecule has 0 unspecified atom stereocenters. The minimum absolute atomic E-state index is 0. The van der Waals surface area contributed by atoms with E-state index in [2.05, 4.69) is 16.2 Å². The van der Waals surface area contributed by atoms with Crippen LogP contribution in [0, 0.1) is 12.3 Å². The number of aliphatic imine (C=N–C) groups is 1. The van der Waals surface area contributed by atoms with E-state index in [1.165, 1.54) is 0 Å². The first-order valence-corrected chi connectivity index (χ1v) is 2.92. The second-order valence-electron chi connectivity index (χ2n) is 1.72. The van der Waals surface area contributed by atoms with E-state index < -0.39 is 0 Å². The van der Waals surface area contributed by atoms with Gasteiger partial charge in [-0.25, -0.2) is 4.99 Å². The third kappa shape index (κ3) is 8.78. The molecule has 0 fully saturated rings. The Labute approximate surface area is 81.4 Å². The summed E-state index contributed by atoms with van der Waals surface area (Å²) < 4.78 is 0. The van der Waals surface area contributed by atoms with Crippen molar-refractivity contribution in [2.24, 2.45) is 16.5 Å². The molecule has 0 aromatic carbocycles.